The summed E-state index contributed by atoms with van der Waals surface area (Å²) in [5, 5.41) is 12.6. The van der Waals surface area contributed by atoms with Crippen LogP contribution in [0.25, 0.3) is 0 Å². The van der Waals surface area contributed by atoms with Crippen molar-refractivity contribution >= 4 is 17.5 Å². The fourth-order valence-electron chi connectivity index (χ4n) is 2.78. The molecule has 3 nitrogen and oxygen atoms in total. The molecule has 0 aromatic heterocycles. The Bertz CT molecular complexity index is 454. The fraction of sp³-hybridized carbons (Fsp3) is 0.562. The van der Waals surface area contributed by atoms with Gasteiger partial charge in [0.25, 0.3) is 0 Å². The normalized spacial score (nSPS) is 18.1. The van der Waals surface area contributed by atoms with Gasteiger partial charge in [-0.1, -0.05) is 30.2 Å². The first kappa shape index (κ1) is 15.3. The van der Waals surface area contributed by atoms with Gasteiger partial charge >= 0.3 is 0 Å². The van der Waals surface area contributed by atoms with Crippen LogP contribution in [0.5, 0.6) is 0 Å². The highest BCUT2D eigenvalue weighted by molar-refractivity contribution is 6.30. The maximum absolute atomic E-state index is 12.6. The fourth-order valence-corrected chi connectivity index (χ4v) is 2.90. The summed E-state index contributed by atoms with van der Waals surface area (Å²) in [4.78, 5) is 12.6. The van der Waals surface area contributed by atoms with Crippen LogP contribution in [0.2, 0.25) is 5.02 Å². The quantitative estimate of drug-likeness (QED) is 0.847. The number of nitrogens with one attached hydrogen (secondary N) is 1. The minimum Gasteiger partial charge on any atom is -0.396 e. The number of halogens is 1. The Morgan fingerprint density at radius 2 is 2.05 bits per heavy atom. The van der Waals surface area contributed by atoms with E-state index in [1.807, 2.05) is 31.2 Å². The van der Waals surface area contributed by atoms with Crippen LogP contribution in [0, 0.1) is 0 Å². The lowest BCUT2D eigenvalue weighted by Gasteiger charge is -2.41. The minimum atomic E-state index is -0.377. The number of carbonyl (C=O) groups excluding carboxylic acids is 1. The van der Waals surface area contributed by atoms with Gasteiger partial charge in [0.05, 0.1) is 5.41 Å². The molecule has 1 saturated carbocycles. The molecule has 0 radical (unpaired) electrons. The van der Waals surface area contributed by atoms with Crippen molar-refractivity contribution in [1.82, 2.24) is 5.32 Å². The number of aliphatic hydroxyl groups is 1. The van der Waals surface area contributed by atoms with Gasteiger partial charge in [-0.2, -0.15) is 0 Å². The number of aliphatic hydroxyl groups excluding tert-OH is 1. The van der Waals surface area contributed by atoms with Crippen LogP contribution < -0.4 is 5.32 Å². The number of benzene rings is 1. The maximum atomic E-state index is 12.6. The monoisotopic (exact) mass is 295 g/mol. The van der Waals surface area contributed by atoms with Crippen LogP contribution in [0.1, 0.15) is 44.6 Å². The zero-order valence-corrected chi connectivity index (χ0v) is 12.6. The van der Waals surface area contributed by atoms with Gasteiger partial charge in [0.1, 0.15) is 0 Å². The van der Waals surface area contributed by atoms with Gasteiger partial charge in [-0.05, 0) is 50.3 Å². The van der Waals surface area contributed by atoms with E-state index in [9.17, 15) is 4.79 Å². The van der Waals surface area contributed by atoms with Gasteiger partial charge in [-0.3, -0.25) is 4.79 Å². The first-order valence-electron chi connectivity index (χ1n) is 7.26. The first-order chi connectivity index (χ1) is 9.58. The van der Waals surface area contributed by atoms with Crippen molar-refractivity contribution in [2.24, 2.45) is 0 Å². The average molecular weight is 296 g/mol. The zero-order chi connectivity index (χ0) is 14.6. The molecule has 1 aliphatic rings. The van der Waals surface area contributed by atoms with Gasteiger partial charge in [-0.15, -0.1) is 0 Å². The second-order valence-electron chi connectivity index (χ2n) is 5.68. The van der Waals surface area contributed by atoms with Crippen LogP contribution in [0.15, 0.2) is 24.3 Å². The van der Waals surface area contributed by atoms with Crippen molar-refractivity contribution in [1.29, 1.82) is 0 Å². The molecule has 20 heavy (non-hydrogen) atoms. The van der Waals surface area contributed by atoms with E-state index in [2.05, 4.69) is 5.32 Å². The SMILES string of the molecule is CC(CCCO)NC(=O)C1(c2ccc(Cl)cc2)CCC1. The van der Waals surface area contributed by atoms with Crippen molar-refractivity contribution in [2.75, 3.05) is 6.61 Å². The first-order valence-corrected chi connectivity index (χ1v) is 7.64. The van der Waals surface area contributed by atoms with Crippen LogP contribution in [-0.4, -0.2) is 23.7 Å². The van der Waals surface area contributed by atoms with E-state index < -0.39 is 0 Å². The van der Waals surface area contributed by atoms with Crippen molar-refractivity contribution in [3.8, 4) is 0 Å². The molecule has 1 amide bonds. The number of carbonyl (C=O) groups is 1. The van der Waals surface area contributed by atoms with Gasteiger partial charge in [-0.25, -0.2) is 0 Å². The molecule has 0 aliphatic heterocycles. The standard InChI is InChI=1S/C16H22ClNO2/c1-12(4-2-11-19)18-15(20)16(9-3-10-16)13-5-7-14(17)8-6-13/h5-8,12,19H,2-4,9-11H2,1H3,(H,18,20). The lowest BCUT2D eigenvalue weighted by atomic mass is 9.63. The minimum absolute atomic E-state index is 0.0967. The predicted molar refractivity (Wildman–Crippen MR) is 80.9 cm³/mol. The third kappa shape index (κ3) is 3.15. The summed E-state index contributed by atoms with van der Waals surface area (Å²) in [5.74, 6) is 0.108. The van der Waals surface area contributed by atoms with Crippen LogP contribution in [0.3, 0.4) is 0 Å². The lowest BCUT2D eigenvalue weighted by Crippen LogP contribution is -2.51. The van der Waals surface area contributed by atoms with Crippen molar-refractivity contribution < 1.29 is 9.90 Å². The molecule has 0 saturated heterocycles. The summed E-state index contributed by atoms with van der Waals surface area (Å²) in [6.07, 6.45) is 4.40. The zero-order valence-electron chi connectivity index (χ0n) is 11.9. The molecule has 1 atom stereocenters. The Morgan fingerprint density at radius 3 is 2.55 bits per heavy atom. The van der Waals surface area contributed by atoms with Gasteiger partial charge in [0.15, 0.2) is 0 Å². The number of hydrogen-bond acceptors (Lipinski definition) is 2. The molecule has 0 spiro atoms. The van der Waals surface area contributed by atoms with E-state index in [-0.39, 0.29) is 24.0 Å². The van der Waals surface area contributed by atoms with Gasteiger partial charge in [0, 0.05) is 17.7 Å². The number of rotatable bonds is 6. The highest BCUT2D eigenvalue weighted by Crippen LogP contribution is 2.44. The average Bonchev–Trinajstić information content (AvgIpc) is 2.37. The summed E-state index contributed by atoms with van der Waals surface area (Å²) in [6, 6.07) is 7.71. The van der Waals surface area contributed by atoms with Crippen molar-refractivity contribution in [3.05, 3.63) is 34.9 Å². The third-order valence-electron chi connectivity index (χ3n) is 4.21. The smallest absolute Gasteiger partial charge is 0.230 e. The highest BCUT2D eigenvalue weighted by Gasteiger charge is 2.45. The van der Waals surface area contributed by atoms with Crippen molar-refractivity contribution in [2.45, 2.75) is 50.5 Å². The molecule has 4 heteroatoms. The van der Waals surface area contributed by atoms with Gasteiger partial charge < -0.3 is 10.4 Å². The summed E-state index contributed by atoms with van der Waals surface area (Å²) in [6.45, 7) is 2.16. The highest BCUT2D eigenvalue weighted by atomic mass is 35.5. The largest absolute Gasteiger partial charge is 0.396 e. The third-order valence-corrected chi connectivity index (χ3v) is 4.46. The van der Waals surface area contributed by atoms with Crippen molar-refractivity contribution in [3.63, 3.8) is 0 Å². The lowest BCUT2D eigenvalue weighted by molar-refractivity contribution is -0.130. The van der Waals surface area contributed by atoms with E-state index in [1.54, 1.807) is 0 Å². The molecule has 0 bridgehead atoms. The van der Waals surface area contributed by atoms with Crippen LogP contribution in [0.4, 0.5) is 0 Å². The Hall–Kier alpha value is -1.06. The van der Waals surface area contributed by atoms with Crippen LogP contribution in [-0.2, 0) is 10.2 Å². The molecular formula is C16H22ClNO2. The Balaban J connectivity index is 2.07. The molecule has 1 aromatic rings. The van der Waals surface area contributed by atoms with E-state index in [0.717, 1.165) is 37.7 Å². The summed E-state index contributed by atoms with van der Waals surface area (Å²) in [7, 11) is 0. The van der Waals surface area contributed by atoms with E-state index >= 15 is 0 Å². The Kier molecular flexibility index (Phi) is 5.06. The predicted octanol–water partition coefficient (Wildman–Crippen LogP) is 3.04. The Morgan fingerprint density at radius 1 is 1.40 bits per heavy atom. The maximum Gasteiger partial charge on any atom is 0.230 e. The summed E-state index contributed by atoms with van der Waals surface area (Å²) < 4.78 is 0. The molecule has 1 fully saturated rings. The van der Waals surface area contributed by atoms with E-state index in [1.165, 1.54) is 0 Å². The number of hydrogen-bond donors (Lipinski definition) is 2. The molecule has 110 valence electrons. The molecule has 2 rings (SSSR count). The van der Waals surface area contributed by atoms with Crippen LogP contribution >= 0.6 is 11.6 Å². The molecule has 1 aliphatic carbocycles. The second kappa shape index (κ2) is 6.59. The topological polar surface area (TPSA) is 49.3 Å². The Labute approximate surface area is 125 Å². The van der Waals surface area contributed by atoms with Gasteiger partial charge in [0.2, 0.25) is 5.91 Å². The molecule has 2 N–H and O–H groups in total. The molecule has 1 unspecified atom stereocenters. The number of amides is 1. The van der Waals surface area contributed by atoms with E-state index in [0.29, 0.717) is 5.02 Å². The molecule has 0 heterocycles. The summed E-state index contributed by atoms with van der Waals surface area (Å²) in [5.41, 5.74) is 0.679. The molecular weight excluding hydrogens is 274 g/mol. The summed E-state index contributed by atoms with van der Waals surface area (Å²) >= 11 is 5.92. The molecule has 1 aromatic carbocycles. The second-order valence-corrected chi connectivity index (χ2v) is 6.12. The van der Waals surface area contributed by atoms with E-state index in [4.69, 9.17) is 16.7 Å².